The molecular formula is C16H11Cl2FO2. The van der Waals surface area contributed by atoms with Crippen LogP contribution < -0.4 is 4.74 Å². The first kappa shape index (κ1) is 15.7. The molecule has 0 aliphatic rings. The van der Waals surface area contributed by atoms with Crippen molar-refractivity contribution in [3.63, 3.8) is 0 Å². The molecule has 2 aromatic rings. The molecule has 108 valence electrons. The Kier molecular flexibility index (Phi) is 5.46. The number of aliphatic hydroxyl groups is 1. The van der Waals surface area contributed by atoms with Crippen LogP contribution in [0.2, 0.25) is 10.0 Å². The molecule has 21 heavy (non-hydrogen) atoms. The van der Waals surface area contributed by atoms with Gasteiger partial charge in [-0.3, -0.25) is 0 Å². The molecule has 0 saturated carbocycles. The summed E-state index contributed by atoms with van der Waals surface area (Å²) in [5.74, 6) is 5.34. The van der Waals surface area contributed by atoms with Gasteiger partial charge in [-0.2, -0.15) is 0 Å². The number of hydrogen-bond donors (Lipinski definition) is 1. The largest absolute Gasteiger partial charge is 0.489 e. The Bertz CT molecular complexity index is 705. The van der Waals surface area contributed by atoms with Crippen molar-refractivity contribution in [2.75, 3.05) is 6.61 Å². The van der Waals surface area contributed by atoms with Gasteiger partial charge in [0.25, 0.3) is 0 Å². The van der Waals surface area contributed by atoms with E-state index in [9.17, 15) is 4.39 Å². The molecule has 1 N–H and O–H groups in total. The predicted molar refractivity (Wildman–Crippen MR) is 81.2 cm³/mol. The van der Waals surface area contributed by atoms with Gasteiger partial charge in [0.15, 0.2) is 0 Å². The van der Waals surface area contributed by atoms with Crippen molar-refractivity contribution >= 4 is 23.2 Å². The van der Waals surface area contributed by atoms with Gasteiger partial charge in [0, 0.05) is 17.2 Å². The third kappa shape index (κ3) is 4.37. The van der Waals surface area contributed by atoms with Gasteiger partial charge in [-0.05, 0) is 24.3 Å². The molecule has 0 bridgehead atoms. The third-order valence-corrected chi connectivity index (χ3v) is 3.40. The molecule has 0 fully saturated rings. The summed E-state index contributed by atoms with van der Waals surface area (Å²) in [4.78, 5) is 0. The standard InChI is InChI=1S/C16H11Cl2FO2/c17-15-6-5-14(9-16(15)18)21-10-12-3-4-13(19)8-11(12)2-1-7-20/h3-6,8-9,20H,7,10H2. The van der Waals surface area contributed by atoms with Crippen molar-refractivity contribution < 1.29 is 14.2 Å². The summed E-state index contributed by atoms with van der Waals surface area (Å²) in [6.07, 6.45) is 0. The van der Waals surface area contributed by atoms with Crippen molar-refractivity contribution in [1.29, 1.82) is 0 Å². The summed E-state index contributed by atoms with van der Waals surface area (Å²) in [5, 5.41) is 9.57. The van der Waals surface area contributed by atoms with Crippen LogP contribution in [0.5, 0.6) is 5.75 Å². The lowest BCUT2D eigenvalue weighted by Crippen LogP contribution is -1.99. The monoisotopic (exact) mass is 324 g/mol. The van der Waals surface area contributed by atoms with Gasteiger partial charge in [0.05, 0.1) is 10.0 Å². The van der Waals surface area contributed by atoms with Crippen molar-refractivity contribution in [1.82, 2.24) is 0 Å². The molecule has 2 nitrogen and oxygen atoms in total. The van der Waals surface area contributed by atoms with E-state index >= 15 is 0 Å². The molecule has 0 amide bonds. The fourth-order valence-electron chi connectivity index (χ4n) is 1.65. The molecule has 2 aromatic carbocycles. The minimum absolute atomic E-state index is 0.202. The van der Waals surface area contributed by atoms with E-state index in [4.69, 9.17) is 33.0 Å². The molecule has 0 aliphatic carbocycles. The minimum atomic E-state index is -0.393. The molecule has 5 heteroatoms. The Balaban J connectivity index is 2.17. The van der Waals surface area contributed by atoms with E-state index in [1.165, 1.54) is 12.1 Å². The Hall–Kier alpha value is -1.73. The van der Waals surface area contributed by atoms with Crippen LogP contribution >= 0.6 is 23.2 Å². The van der Waals surface area contributed by atoms with Crippen LogP contribution in [0.4, 0.5) is 4.39 Å². The van der Waals surface area contributed by atoms with Crippen molar-refractivity contribution in [3.05, 3.63) is 63.4 Å². The van der Waals surface area contributed by atoms with Gasteiger partial charge in [-0.25, -0.2) is 4.39 Å². The van der Waals surface area contributed by atoms with E-state index in [-0.39, 0.29) is 13.2 Å². The van der Waals surface area contributed by atoms with Crippen molar-refractivity contribution in [2.45, 2.75) is 6.61 Å². The van der Waals surface area contributed by atoms with Crippen LogP contribution in [0.25, 0.3) is 0 Å². The zero-order valence-electron chi connectivity index (χ0n) is 10.9. The molecule has 0 saturated heterocycles. The number of hydrogen-bond acceptors (Lipinski definition) is 2. The lowest BCUT2D eigenvalue weighted by molar-refractivity contribution is 0.306. The van der Waals surface area contributed by atoms with Gasteiger partial charge in [0.2, 0.25) is 0 Å². The molecule has 2 rings (SSSR count). The van der Waals surface area contributed by atoms with Gasteiger partial charge in [0.1, 0.15) is 24.8 Å². The molecule has 0 unspecified atom stereocenters. The number of aliphatic hydroxyl groups excluding tert-OH is 1. The Labute approximate surface area is 132 Å². The Morgan fingerprint density at radius 2 is 1.90 bits per heavy atom. The maximum atomic E-state index is 13.2. The lowest BCUT2D eigenvalue weighted by atomic mass is 10.1. The highest BCUT2D eigenvalue weighted by Crippen LogP contribution is 2.27. The van der Waals surface area contributed by atoms with E-state index in [2.05, 4.69) is 11.8 Å². The smallest absolute Gasteiger partial charge is 0.124 e. The van der Waals surface area contributed by atoms with Crippen molar-refractivity contribution in [3.8, 4) is 17.6 Å². The number of benzene rings is 2. The molecule has 0 radical (unpaired) electrons. The lowest BCUT2D eigenvalue weighted by Gasteiger charge is -2.09. The fraction of sp³-hybridized carbons (Fsp3) is 0.125. The molecule has 0 heterocycles. The Morgan fingerprint density at radius 1 is 1.10 bits per heavy atom. The second-order valence-electron chi connectivity index (χ2n) is 4.13. The first-order chi connectivity index (χ1) is 10.1. The summed E-state index contributed by atoms with van der Waals surface area (Å²) >= 11 is 11.7. The summed E-state index contributed by atoms with van der Waals surface area (Å²) in [6.45, 7) is -0.0860. The van der Waals surface area contributed by atoms with E-state index < -0.39 is 5.82 Å². The summed E-state index contributed by atoms with van der Waals surface area (Å²) in [7, 11) is 0. The van der Waals surface area contributed by atoms with E-state index in [0.29, 0.717) is 26.9 Å². The molecule has 0 aromatic heterocycles. The highest BCUT2D eigenvalue weighted by molar-refractivity contribution is 6.42. The topological polar surface area (TPSA) is 29.5 Å². The molecule has 0 aliphatic heterocycles. The fourth-order valence-corrected chi connectivity index (χ4v) is 1.94. The first-order valence-corrected chi connectivity index (χ1v) is 6.82. The van der Waals surface area contributed by atoms with Crippen LogP contribution in [-0.4, -0.2) is 11.7 Å². The molecular weight excluding hydrogens is 314 g/mol. The molecule has 0 spiro atoms. The average Bonchev–Trinajstić information content (AvgIpc) is 2.47. The van der Waals surface area contributed by atoms with Gasteiger partial charge in [-0.1, -0.05) is 41.1 Å². The van der Waals surface area contributed by atoms with E-state index in [1.807, 2.05) is 0 Å². The summed E-state index contributed by atoms with van der Waals surface area (Å²) in [5.41, 5.74) is 1.19. The van der Waals surface area contributed by atoms with Crippen LogP contribution in [0.15, 0.2) is 36.4 Å². The minimum Gasteiger partial charge on any atom is -0.489 e. The van der Waals surface area contributed by atoms with E-state index in [1.54, 1.807) is 24.3 Å². The van der Waals surface area contributed by atoms with Gasteiger partial charge in [-0.15, -0.1) is 0 Å². The number of halogens is 3. The Morgan fingerprint density at radius 3 is 2.62 bits per heavy atom. The highest BCUT2D eigenvalue weighted by Gasteiger charge is 2.05. The van der Waals surface area contributed by atoms with Crippen LogP contribution in [0.3, 0.4) is 0 Å². The quantitative estimate of drug-likeness (QED) is 0.863. The highest BCUT2D eigenvalue weighted by atomic mass is 35.5. The maximum Gasteiger partial charge on any atom is 0.124 e. The number of ether oxygens (including phenoxy) is 1. The van der Waals surface area contributed by atoms with Gasteiger partial charge >= 0.3 is 0 Å². The predicted octanol–water partition coefficient (Wildman–Crippen LogP) is 4.06. The normalized spacial score (nSPS) is 9.90. The maximum absolute atomic E-state index is 13.2. The summed E-state index contributed by atoms with van der Waals surface area (Å²) < 4.78 is 18.8. The number of rotatable bonds is 3. The van der Waals surface area contributed by atoms with Crippen LogP contribution in [-0.2, 0) is 6.61 Å². The average molecular weight is 325 g/mol. The third-order valence-electron chi connectivity index (χ3n) is 2.66. The zero-order valence-corrected chi connectivity index (χ0v) is 12.4. The molecule has 0 atom stereocenters. The van der Waals surface area contributed by atoms with E-state index in [0.717, 1.165) is 0 Å². The first-order valence-electron chi connectivity index (χ1n) is 6.06. The SMILES string of the molecule is OCC#Cc1cc(F)ccc1COc1ccc(Cl)c(Cl)c1. The van der Waals surface area contributed by atoms with Crippen LogP contribution in [0, 0.1) is 17.7 Å². The summed E-state index contributed by atoms with van der Waals surface area (Å²) in [6, 6.07) is 9.15. The second-order valence-corrected chi connectivity index (χ2v) is 4.94. The zero-order chi connectivity index (χ0) is 15.2. The van der Waals surface area contributed by atoms with Crippen LogP contribution in [0.1, 0.15) is 11.1 Å². The van der Waals surface area contributed by atoms with Crippen molar-refractivity contribution in [2.24, 2.45) is 0 Å². The van der Waals surface area contributed by atoms with Gasteiger partial charge < -0.3 is 9.84 Å². The second kappa shape index (κ2) is 7.33.